The quantitative estimate of drug-likeness (QED) is 0.298. The van der Waals surface area contributed by atoms with Crippen molar-refractivity contribution in [1.29, 1.82) is 0 Å². The Balaban J connectivity index is 0.00000392. The van der Waals surface area contributed by atoms with Gasteiger partial charge in [0.1, 0.15) is 5.75 Å². The van der Waals surface area contributed by atoms with Crippen molar-refractivity contribution in [3.05, 3.63) is 64.7 Å². The fraction of sp³-hybridized carbons (Fsp3) is 0.333. The van der Waals surface area contributed by atoms with Crippen LogP contribution in [-0.2, 0) is 13.0 Å². The van der Waals surface area contributed by atoms with Gasteiger partial charge in [0.25, 0.3) is 0 Å². The first kappa shape index (κ1) is 23.7. The summed E-state index contributed by atoms with van der Waals surface area (Å²) in [6.45, 7) is 6.04. The number of nitrogens with zero attached hydrogens (tertiary/aromatic N) is 1. The number of hydrogen-bond acceptors (Lipinski definition) is 3. The van der Waals surface area contributed by atoms with Crippen LogP contribution in [0.5, 0.6) is 5.75 Å². The minimum absolute atomic E-state index is 0. The number of benzene rings is 2. The van der Waals surface area contributed by atoms with E-state index in [1.807, 2.05) is 26.0 Å². The molecule has 4 N–H and O–H groups in total. The summed E-state index contributed by atoms with van der Waals surface area (Å²) < 4.78 is 5.38. The number of methoxy groups -OCH3 is 1. The van der Waals surface area contributed by atoms with Crippen LogP contribution < -0.4 is 21.1 Å². The van der Waals surface area contributed by atoms with Crippen LogP contribution in [-0.4, -0.2) is 32.1 Å². The highest BCUT2D eigenvalue weighted by Gasteiger charge is 2.03. The topological polar surface area (TPSA) is 88.7 Å². The summed E-state index contributed by atoms with van der Waals surface area (Å²) in [6.07, 6.45) is 0.859. The van der Waals surface area contributed by atoms with Crippen molar-refractivity contribution >= 4 is 35.8 Å². The van der Waals surface area contributed by atoms with Gasteiger partial charge < -0.3 is 21.1 Å². The van der Waals surface area contributed by atoms with Gasteiger partial charge in [-0.2, -0.15) is 0 Å². The monoisotopic (exact) mass is 496 g/mol. The Morgan fingerprint density at radius 1 is 1.14 bits per heavy atom. The van der Waals surface area contributed by atoms with E-state index in [1.54, 1.807) is 19.2 Å². The van der Waals surface area contributed by atoms with Crippen LogP contribution in [0.4, 0.5) is 0 Å². The van der Waals surface area contributed by atoms with Crippen molar-refractivity contribution in [3.63, 3.8) is 0 Å². The number of amides is 1. The lowest BCUT2D eigenvalue weighted by molar-refractivity contribution is 0.1000. The molecule has 0 fully saturated rings. The van der Waals surface area contributed by atoms with Crippen molar-refractivity contribution in [2.75, 3.05) is 20.2 Å². The van der Waals surface area contributed by atoms with Crippen molar-refractivity contribution in [2.45, 2.75) is 26.8 Å². The number of carbonyl (C=O) groups is 1. The van der Waals surface area contributed by atoms with Gasteiger partial charge in [-0.05, 0) is 55.2 Å². The molecule has 1 amide bonds. The minimum Gasteiger partial charge on any atom is -0.496 e. The predicted molar refractivity (Wildman–Crippen MR) is 125 cm³/mol. The molecule has 0 heterocycles. The third kappa shape index (κ3) is 7.38. The van der Waals surface area contributed by atoms with Crippen molar-refractivity contribution in [2.24, 2.45) is 10.7 Å². The van der Waals surface area contributed by atoms with Gasteiger partial charge in [0, 0.05) is 18.7 Å². The van der Waals surface area contributed by atoms with Crippen LogP contribution >= 0.6 is 24.0 Å². The number of aliphatic imine (C=N–C) groups is 1. The lowest BCUT2D eigenvalue weighted by Gasteiger charge is -2.12. The molecule has 2 aromatic rings. The third-order valence-electron chi connectivity index (χ3n) is 4.15. The first-order valence-corrected chi connectivity index (χ1v) is 9.08. The van der Waals surface area contributed by atoms with Crippen LogP contribution in [0, 0.1) is 6.92 Å². The molecule has 0 aromatic heterocycles. The summed E-state index contributed by atoms with van der Waals surface area (Å²) in [6, 6.07) is 13.5. The lowest BCUT2D eigenvalue weighted by Crippen LogP contribution is -2.38. The van der Waals surface area contributed by atoms with Gasteiger partial charge in [-0.3, -0.25) is 4.79 Å². The molecule has 0 saturated carbocycles. The molecule has 7 heteroatoms. The molecule has 2 rings (SSSR count). The summed E-state index contributed by atoms with van der Waals surface area (Å²) >= 11 is 0. The molecule has 0 aliphatic heterocycles. The Labute approximate surface area is 184 Å². The molecule has 0 atom stereocenters. The maximum absolute atomic E-state index is 11.3. The molecule has 0 aliphatic carbocycles. The maximum Gasteiger partial charge on any atom is 0.248 e. The standard InChI is InChI=1S/C21H28N4O2.HI/c1-4-23-21(25-14-17-6-5-7-18(12-17)20(22)26)24-11-10-16-9-8-15(2)19(13-16)27-3;/h5-9,12-13H,4,10-11,14H2,1-3H3,(H2,22,26)(H2,23,24,25);1H. The Hall–Kier alpha value is -2.29. The molecule has 0 saturated heterocycles. The van der Waals surface area contributed by atoms with E-state index in [-0.39, 0.29) is 24.0 Å². The molecule has 152 valence electrons. The number of guanidine groups is 1. The van der Waals surface area contributed by atoms with Gasteiger partial charge >= 0.3 is 0 Å². The number of ether oxygens (including phenoxy) is 1. The number of aryl methyl sites for hydroxylation is 1. The number of hydrogen-bond donors (Lipinski definition) is 3. The number of nitrogens with one attached hydrogen (secondary N) is 2. The smallest absolute Gasteiger partial charge is 0.248 e. The molecular weight excluding hydrogens is 467 g/mol. The number of primary amides is 1. The van der Waals surface area contributed by atoms with Gasteiger partial charge in [-0.15, -0.1) is 24.0 Å². The van der Waals surface area contributed by atoms with E-state index in [1.165, 1.54) is 5.56 Å². The number of rotatable bonds is 8. The lowest BCUT2D eigenvalue weighted by atomic mass is 10.1. The van der Waals surface area contributed by atoms with E-state index < -0.39 is 5.91 Å². The maximum atomic E-state index is 11.3. The zero-order valence-corrected chi connectivity index (χ0v) is 18.9. The summed E-state index contributed by atoms with van der Waals surface area (Å²) in [5, 5.41) is 6.57. The van der Waals surface area contributed by atoms with Gasteiger partial charge in [-0.25, -0.2) is 4.99 Å². The van der Waals surface area contributed by atoms with Crippen molar-refractivity contribution in [1.82, 2.24) is 10.6 Å². The number of halogens is 1. The second-order valence-corrected chi connectivity index (χ2v) is 6.24. The number of carbonyl (C=O) groups excluding carboxylic acids is 1. The highest BCUT2D eigenvalue weighted by Crippen LogP contribution is 2.19. The minimum atomic E-state index is -0.431. The average molecular weight is 496 g/mol. The molecule has 0 spiro atoms. The Morgan fingerprint density at radius 3 is 2.61 bits per heavy atom. The van der Waals surface area contributed by atoms with Gasteiger partial charge in [0.15, 0.2) is 5.96 Å². The average Bonchev–Trinajstić information content (AvgIpc) is 2.67. The zero-order valence-electron chi connectivity index (χ0n) is 16.6. The molecule has 28 heavy (non-hydrogen) atoms. The van der Waals surface area contributed by atoms with E-state index in [4.69, 9.17) is 10.5 Å². The van der Waals surface area contributed by atoms with Gasteiger partial charge in [0.05, 0.1) is 13.7 Å². The van der Waals surface area contributed by atoms with E-state index in [0.29, 0.717) is 12.1 Å². The normalized spacial score (nSPS) is 10.8. The molecule has 2 aromatic carbocycles. The molecule has 0 unspecified atom stereocenters. The van der Waals surface area contributed by atoms with E-state index in [0.717, 1.165) is 42.3 Å². The van der Waals surface area contributed by atoms with Crippen LogP contribution in [0.2, 0.25) is 0 Å². The predicted octanol–water partition coefficient (Wildman–Crippen LogP) is 3.02. The fourth-order valence-corrected chi connectivity index (χ4v) is 2.68. The van der Waals surface area contributed by atoms with Crippen LogP contribution in [0.15, 0.2) is 47.5 Å². The largest absolute Gasteiger partial charge is 0.496 e. The summed E-state index contributed by atoms with van der Waals surface area (Å²) in [5.74, 6) is 1.21. The second-order valence-electron chi connectivity index (χ2n) is 6.24. The fourth-order valence-electron chi connectivity index (χ4n) is 2.68. The molecular formula is C21H29IN4O2. The Morgan fingerprint density at radius 2 is 1.93 bits per heavy atom. The highest BCUT2D eigenvalue weighted by atomic mass is 127. The Kier molecular flexibility index (Phi) is 10.4. The molecule has 6 nitrogen and oxygen atoms in total. The Bertz CT molecular complexity index is 809. The van der Waals surface area contributed by atoms with E-state index in [2.05, 4.69) is 33.8 Å². The van der Waals surface area contributed by atoms with Crippen LogP contribution in [0.25, 0.3) is 0 Å². The molecule has 0 aliphatic rings. The van der Waals surface area contributed by atoms with Crippen molar-refractivity contribution in [3.8, 4) is 5.75 Å². The van der Waals surface area contributed by atoms with Gasteiger partial charge in [-0.1, -0.05) is 24.3 Å². The summed E-state index contributed by atoms with van der Waals surface area (Å²) in [7, 11) is 1.69. The molecule has 0 bridgehead atoms. The third-order valence-corrected chi connectivity index (χ3v) is 4.15. The first-order valence-electron chi connectivity index (χ1n) is 9.08. The SMILES string of the molecule is CCNC(=NCc1cccc(C(N)=O)c1)NCCc1ccc(C)c(OC)c1.I. The van der Waals surface area contributed by atoms with E-state index in [9.17, 15) is 4.79 Å². The second kappa shape index (κ2) is 12.2. The van der Waals surface area contributed by atoms with Gasteiger partial charge in [0.2, 0.25) is 5.91 Å². The van der Waals surface area contributed by atoms with Crippen LogP contribution in [0.1, 0.15) is 34.0 Å². The van der Waals surface area contributed by atoms with Crippen molar-refractivity contribution < 1.29 is 9.53 Å². The van der Waals surface area contributed by atoms with Crippen LogP contribution in [0.3, 0.4) is 0 Å². The summed E-state index contributed by atoms with van der Waals surface area (Å²) in [5.41, 5.74) is 9.09. The first-order chi connectivity index (χ1) is 13.0. The zero-order chi connectivity index (χ0) is 19.6. The highest BCUT2D eigenvalue weighted by molar-refractivity contribution is 14.0. The molecule has 0 radical (unpaired) electrons. The van der Waals surface area contributed by atoms with E-state index >= 15 is 0 Å². The summed E-state index contributed by atoms with van der Waals surface area (Å²) in [4.78, 5) is 15.9. The number of nitrogens with two attached hydrogens (primary N) is 1.